The molecule has 62 valence electrons. The largest absolute Gasteiger partial charge is 0.134 e. The van der Waals surface area contributed by atoms with E-state index < -0.39 is 0 Å². The molecule has 0 heterocycles. The first-order valence-electron chi connectivity index (χ1n) is 4.54. The zero-order valence-electron chi connectivity index (χ0n) is 7.34. The zero-order chi connectivity index (χ0) is 7.84. The fourth-order valence-corrected chi connectivity index (χ4v) is 3.29. The van der Waals surface area contributed by atoms with Crippen molar-refractivity contribution in [2.75, 3.05) is 6.26 Å². The lowest BCUT2D eigenvalue weighted by atomic mass is 10.0. The quantitative estimate of drug-likeness (QED) is 0.579. The monoisotopic (exact) mass is 168 g/mol. The average molecular weight is 168 g/mol. The predicted molar refractivity (Wildman–Crippen MR) is 51.6 cm³/mol. The molecule has 3 unspecified atom stereocenters. The lowest BCUT2D eigenvalue weighted by Gasteiger charge is -2.05. The van der Waals surface area contributed by atoms with Gasteiger partial charge in [0.15, 0.2) is 0 Å². The van der Waals surface area contributed by atoms with Gasteiger partial charge in [0.05, 0.1) is 0 Å². The molecule has 0 spiro atoms. The molecule has 1 fully saturated rings. The molecule has 0 bridgehead atoms. The average Bonchev–Trinajstić information content (AvgIpc) is 2.43. The summed E-state index contributed by atoms with van der Waals surface area (Å²) < 4.78 is 0. The molecule has 0 nitrogen and oxygen atoms in total. The Labute approximate surface area is 73.4 Å². The van der Waals surface area contributed by atoms with Crippen LogP contribution in [0.1, 0.15) is 26.2 Å². The summed E-state index contributed by atoms with van der Waals surface area (Å²) in [6.45, 7) is 2.39. The standard InChI is InChI=1S/C10H16S/c1-7-3-8-5-10(11-2)6-9(8)4-7/h5,7-9H,3-4,6H2,1-2H3. The highest BCUT2D eigenvalue weighted by atomic mass is 32.2. The van der Waals surface area contributed by atoms with Crippen molar-refractivity contribution in [1.29, 1.82) is 0 Å². The second kappa shape index (κ2) is 2.85. The van der Waals surface area contributed by atoms with Crippen LogP contribution in [0.4, 0.5) is 0 Å². The van der Waals surface area contributed by atoms with Crippen molar-refractivity contribution in [3.8, 4) is 0 Å². The molecular weight excluding hydrogens is 152 g/mol. The molecule has 0 radical (unpaired) electrons. The Morgan fingerprint density at radius 3 is 2.91 bits per heavy atom. The SMILES string of the molecule is CSC1=CC2CC(C)CC2C1. The van der Waals surface area contributed by atoms with Crippen molar-refractivity contribution in [2.24, 2.45) is 17.8 Å². The van der Waals surface area contributed by atoms with Gasteiger partial charge in [-0.15, -0.1) is 11.8 Å². The van der Waals surface area contributed by atoms with Crippen molar-refractivity contribution in [1.82, 2.24) is 0 Å². The molecule has 0 aromatic carbocycles. The van der Waals surface area contributed by atoms with Crippen molar-refractivity contribution in [2.45, 2.75) is 26.2 Å². The van der Waals surface area contributed by atoms with Crippen LogP contribution in [0.3, 0.4) is 0 Å². The molecule has 11 heavy (non-hydrogen) atoms. The van der Waals surface area contributed by atoms with Gasteiger partial charge in [0.1, 0.15) is 0 Å². The van der Waals surface area contributed by atoms with Gasteiger partial charge in [-0.3, -0.25) is 0 Å². The van der Waals surface area contributed by atoms with Crippen molar-refractivity contribution in [3.63, 3.8) is 0 Å². The number of allylic oxidation sites excluding steroid dienone is 2. The van der Waals surface area contributed by atoms with Gasteiger partial charge in [-0.2, -0.15) is 0 Å². The van der Waals surface area contributed by atoms with Crippen LogP contribution < -0.4 is 0 Å². The van der Waals surface area contributed by atoms with Gasteiger partial charge in [0, 0.05) is 0 Å². The lowest BCUT2D eigenvalue weighted by Crippen LogP contribution is -1.96. The van der Waals surface area contributed by atoms with Crippen molar-refractivity contribution >= 4 is 11.8 Å². The highest BCUT2D eigenvalue weighted by Crippen LogP contribution is 2.47. The fourth-order valence-electron chi connectivity index (χ4n) is 2.60. The Kier molecular flexibility index (Phi) is 2.00. The maximum Gasteiger partial charge on any atom is -0.0140 e. The van der Waals surface area contributed by atoms with E-state index in [2.05, 4.69) is 19.3 Å². The summed E-state index contributed by atoms with van der Waals surface area (Å²) in [4.78, 5) is 1.65. The van der Waals surface area contributed by atoms with Crippen LogP contribution in [0.5, 0.6) is 0 Å². The molecule has 0 amide bonds. The van der Waals surface area contributed by atoms with Crippen LogP contribution >= 0.6 is 11.8 Å². The lowest BCUT2D eigenvalue weighted by molar-refractivity contribution is 0.489. The first-order valence-corrected chi connectivity index (χ1v) is 5.76. The molecule has 0 N–H and O–H groups in total. The minimum Gasteiger partial charge on any atom is -0.134 e. The smallest absolute Gasteiger partial charge is 0.0140 e. The molecule has 2 aliphatic rings. The summed E-state index contributed by atoms with van der Waals surface area (Å²) in [5, 5.41) is 0. The van der Waals surface area contributed by atoms with E-state index in [0.29, 0.717) is 0 Å². The highest BCUT2D eigenvalue weighted by molar-refractivity contribution is 8.02. The van der Waals surface area contributed by atoms with Crippen LogP contribution in [0.2, 0.25) is 0 Å². The number of thioether (sulfide) groups is 1. The normalized spacial score (nSPS) is 42.4. The Balaban J connectivity index is 2.04. The third-order valence-corrected chi connectivity index (χ3v) is 3.94. The van der Waals surface area contributed by atoms with E-state index in [1.807, 2.05) is 11.8 Å². The van der Waals surface area contributed by atoms with Gasteiger partial charge in [-0.1, -0.05) is 13.0 Å². The number of hydrogen-bond acceptors (Lipinski definition) is 1. The maximum atomic E-state index is 2.53. The first-order chi connectivity index (χ1) is 5.29. The molecule has 0 aromatic rings. The van der Waals surface area contributed by atoms with Crippen molar-refractivity contribution < 1.29 is 0 Å². The Hall–Kier alpha value is 0.0900. The highest BCUT2D eigenvalue weighted by Gasteiger charge is 2.34. The second-order valence-electron chi connectivity index (χ2n) is 4.04. The third-order valence-electron chi connectivity index (χ3n) is 3.11. The van der Waals surface area contributed by atoms with Gasteiger partial charge in [-0.05, 0) is 48.2 Å². The number of rotatable bonds is 1. The molecule has 1 heteroatoms. The maximum absolute atomic E-state index is 2.53. The molecular formula is C10H16S. The summed E-state index contributed by atoms with van der Waals surface area (Å²) in [6, 6.07) is 0. The van der Waals surface area contributed by atoms with E-state index >= 15 is 0 Å². The summed E-state index contributed by atoms with van der Waals surface area (Å²) in [6.07, 6.45) is 9.05. The van der Waals surface area contributed by atoms with Crippen LogP contribution in [-0.4, -0.2) is 6.26 Å². The molecule has 1 saturated carbocycles. The van der Waals surface area contributed by atoms with Gasteiger partial charge < -0.3 is 0 Å². The van der Waals surface area contributed by atoms with Gasteiger partial charge in [0.2, 0.25) is 0 Å². The van der Waals surface area contributed by atoms with Gasteiger partial charge in [0.25, 0.3) is 0 Å². The second-order valence-corrected chi connectivity index (χ2v) is 4.97. The van der Waals surface area contributed by atoms with Gasteiger partial charge >= 0.3 is 0 Å². The zero-order valence-corrected chi connectivity index (χ0v) is 8.16. The summed E-state index contributed by atoms with van der Waals surface area (Å²) in [5.41, 5.74) is 0. The van der Waals surface area contributed by atoms with Crippen LogP contribution in [0.15, 0.2) is 11.0 Å². The topological polar surface area (TPSA) is 0 Å². The van der Waals surface area contributed by atoms with Crippen molar-refractivity contribution in [3.05, 3.63) is 11.0 Å². The van der Waals surface area contributed by atoms with E-state index in [-0.39, 0.29) is 0 Å². The summed E-state index contributed by atoms with van der Waals surface area (Å²) in [7, 11) is 0. The molecule has 0 saturated heterocycles. The Morgan fingerprint density at radius 2 is 2.27 bits per heavy atom. The fraction of sp³-hybridized carbons (Fsp3) is 0.800. The molecule has 0 aromatic heterocycles. The number of fused-ring (bicyclic) bond motifs is 1. The molecule has 2 rings (SSSR count). The van der Waals surface area contributed by atoms with E-state index in [1.165, 1.54) is 19.3 Å². The Bertz CT molecular complexity index is 183. The van der Waals surface area contributed by atoms with Crippen LogP contribution in [-0.2, 0) is 0 Å². The minimum atomic E-state index is 0.951. The van der Waals surface area contributed by atoms with Crippen LogP contribution in [0.25, 0.3) is 0 Å². The van der Waals surface area contributed by atoms with E-state index in [1.54, 1.807) is 4.91 Å². The molecule has 0 aliphatic heterocycles. The van der Waals surface area contributed by atoms with Gasteiger partial charge in [-0.25, -0.2) is 0 Å². The molecule has 3 atom stereocenters. The Morgan fingerprint density at radius 1 is 1.45 bits per heavy atom. The first kappa shape index (κ1) is 7.72. The third kappa shape index (κ3) is 1.35. The van der Waals surface area contributed by atoms with E-state index in [4.69, 9.17) is 0 Å². The summed E-state index contributed by atoms with van der Waals surface area (Å²) >= 11 is 1.95. The minimum absolute atomic E-state index is 0.951. The number of hydrogen-bond donors (Lipinski definition) is 0. The van der Waals surface area contributed by atoms with Crippen LogP contribution in [0, 0.1) is 17.8 Å². The molecule has 2 aliphatic carbocycles. The van der Waals surface area contributed by atoms with E-state index in [9.17, 15) is 0 Å². The van der Waals surface area contributed by atoms with E-state index in [0.717, 1.165) is 17.8 Å². The summed E-state index contributed by atoms with van der Waals surface area (Å²) in [5.74, 6) is 2.96. The predicted octanol–water partition coefficient (Wildman–Crippen LogP) is 3.30.